The number of thiocarbonyl (C=S) groups is 1. The van der Waals surface area contributed by atoms with Gasteiger partial charge < -0.3 is 19.7 Å². The molecule has 0 bridgehead atoms. The van der Waals surface area contributed by atoms with Crippen molar-refractivity contribution in [3.05, 3.63) is 58.1 Å². The van der Waals surface area contributed by atoms with E-state index in [1.54, 1.807) is 41.3 Å². The summed E-state index contributed by atoms with van der Waals surface area (Å²) in [5, 5.41) is 5.83. The number of amides is 2. The van der Waals surface area contributed by atoms with Crippen LogP contribution in [-0.4, -0.2) is 54.7 Å². The Morgan fingerprint density at radius 2 is 1.91 bits per heavy atom. The summed E-state index contributed by atoms with van der Waals surface area (Å²) in [5.41, 5.74) is 1.56. The molecular formula is C25H30BrN3O4S. The lowest BCUT2D eigenvalue weighted by molar-refractivity contribution is 0.0303. The molecule has 1 aliphatic rings. The zero-order chi connectivity index (χ0) is 24.3. The van der Waals surface area contributed by atoms with E-state index in [-0.39, 0.29) is 16.9 Å². The van der Waals surface area contributed by atoms with Gasteiger partial charge in [0.05, 0.1) is 25.4 Å². The summed E-state index contributed by atoms with van der Waals surface area (Å²) in [6.45, 7) is 4.93. The van der Waals surface area contributed by atoms with Crippen molar-refractivity contribution in [2.75, 3.05) is 38.2 Å². The van der Waals surface area contributed by atoms with Crippen molar-refractivity contribution in [3.8, 4) is 5.75 Å². The Bertz CT molecular complexity index is 1010. The monoisotopic (exact) mass is 547 g/mol. The predicted molar refractivity (Wildman–Crippen MR) is 141 cm³/mol. The highest BCUT2D eigenvalue weighted by Gasteiger charge is 2.19. The van der Waals surface area contributed by atoms with Crippen LogP contribution in [0.4, 0.5) is 5.69 Å². The van der Waals surface area contributed by atoms with Crippen LogP contribution in [-0.2, 0) is 4.74 Å². The molecule has 9 heteroatoms. The van der Waals surface area contributed by atoms with Crippen molar-refractivity contribution in [1.82, 2.24) is 10.2 Å². The van der Waals surface area contributed by atoms with Crippen molar-refractivity contribution >= 4 is 50.8 Å². The standard InChI is InChI=1S/C25H30BrN3O4S/c1-2-3-4-5-13-33-22-10-9-19(26)17-21(22)23(30)28-25(34)27-20-8-6-7-18(16-20)24(31)29-11-14-32-15-12-29/h6-10,16-17H,2-5,11-15H2,1H3,(H2,27,28,30,34). The maximum atomic E-state index is 12.9. The first-order valence-electron chi connectivity index (χ1n) is 11.5. The third-order valence-corrected chi connectivity index (χ3v) is 6.03. The summed E-state index contributed by atoms with van der Waals surface area (Å²) < 4.78 is 11.9. The van der Waals surface area contributed by atoms with E-state index in [0.29, 0.717) is 55.5 Å². The molecule has 0 radical (unpaired) electrons. The van der Waals surface area contributed by atoms with Crippen LogP contribution in [0.2, 0.25) is 0 Å². The first-order valence-corrected chi connectivity index (χ1v) is 12.7. The molecule has 0 atom stereocenters. The predicted octanol–water partition coefficient (Wildman–Crippen LogP) is 5.01. The molecule has 1 aliphatic heterocycles. The molecule has 2 aromatic carbocycles. The van der Waals surface area contributed by atoms with Gasteiger partial charge in [-0.05, 0) is 55.0 Å². The Morgan fingerprint density at radius 3 is 2.68 bits per heavy atom. The molecule has 0 saturated carbocycles. The number of rotatable bonds is 9. The van der Waals surface area contributed by atoms with Gasteiger partial charge in [0.25, 0.3) is 11.8 Å². The molecule has 3 rings (SSSR count). The van der Waals surface area contributed by atoms with Crippen LogP contribution < -0.4 is 15.4 Å². The Morgan fingerprint density at radius 1 is 1.12 bits per heavy atom. The molecule has 0 aromatic heterocycles. The molecule has 1 heterocycles. The highest BCUT2D eigenvalue weighted by atomic mass is 79.9. The van der Waals surface area contributed by atoms with Crippen molar-refractivity contribution in [3.63, 3.8) is 0 Å². The number of morpholine rings is 1. The summed E-state index contributed by atoms with van der Waals surface area (Å²) in [7, 11) is 0. The van der Waals surface area contributed by atoms with Gasteiger partial charge in [0, 0.05) is 28.8 Å². The van der Waals surface area contributed by atoms with E-state index in [2.05, 4.69) is 33.5 Å². The SMILES string of the molecule is CCCCCCOc1ccc(Br)cc1C(=O)NC(=S)Nc1cccc(C(=O)N2CCOCC2)c1. The molecule has 182 valence electrons. The van der Waals surface area contributed by atoms with E-state index in [4.69, 9.17) is 21.7 Å². The van der Waals surface area contributed by atoms with Crippen LogP contribution in [0.15, 0.2) is 46.9 Å². The zero-order valence-electron chi connectivity index (χ0n) is 19.3. The number of hydrogen-bond acceptors (Lipinski definition) is 5. The Labute approximate surface area is 214 Å². The number of hydrogen-bond donors (Lipinski definition) is 2. The number of ether oxygens (including phenoxy) is 2. The lowest BCUT2D eigenvalue weighted by Crippen LogP contribution is -2.40. The fourth-order valence-electron chi connectivity index (χ4n) is 3.53. The first kappa shape index (κ1) is 26.1. The molecule has 2 N–H and O–H groups in total. The summed E-state index contributed by atoms with van der Waals surface area (Å²) in [4.78, 5) is 27.4. The summed E-state index contributed by atoms with van der Waals surface area (Å²) >= 11 is 8.76. The van der Waals surface area contributed by atoms with Crippen LogP contribution in [0.5, 0.6) is 5.75 Å². The van der Waals surface area contributed by atoms with Crippen LogP contribution >= 0.6 is 28.1 Å². The number of benzene rings is 2. The number of nitrogens with one attached hydrogen (secondary N) is 2. The van der Waals surface area contributed by atoms with Crippen LogP contribution in [0.25, 0.3) is 0 Å². The molecule has 34 heavy (non-hydrogen) atoms. The van der Waals surface area contributed by atoms with Gasteiger partial charge in [-0.2, -0.15) is 0 Å². The first-order chi connectivity index (χ1) is 16.5. The van der Waals surface area contributed by atoms with Gasteiger partial charge in [-0.1, -0.05) is 48.2 Å². The average molecular weight is 549 g/mol. The molecule has 1 saturated heterocycles. The normalized spacial score (nSPS) is 13.3. The largest absolute Gasteiger partial charge is 0.493 e. The highest BCUT2D eigenvalue weighted by Crippen LogP contribution is 2.24. The third-order valence-electron chi connectivity index (χ3n) is 5.33. The van der Waals surface area contributed by atoms with Crippen molar-refractivity contribution in [2.45, 2.75) is 32.6 Å². The lowest BCUT2D eigenvalue weighted by Gasteiger charge is -2.27. The number of nitrogens with zero attached hydrogens (tertiary/aromatic N) is 1. The molecular weight excluding hydrogens is 518 g/mol. The van der Waals surface area contributed by atoms with E-state index < -0.39 is 0 Å². The van der Waals surface area contributed by atoms with Crippen molar-refractivity contribution in [2.24, 2.45) is 0 Å². The minimum absolute atomic E-state index is 0.0585. The van der Waals surface area contributed by atoms with Gasteiger partial charge in [0.1, 0.15) is 5.75 Å². The zero-order valence-corrected chi connectivity index (χ0v) is 21.7. The molecule has 2 amide bonds. The third kappa shape index (κ3) is 7.78. The maximum Gasteiger partial charge on any atom is 0.261 e. The van der Waals surface area contributed by atoms with Crippen molar-refractivity contribution < 1.29 is 19.1 Å². The van der Waals surface area contributed by atoms with E-state index in [9.17, 15) is 9.59 Å². The van der Waals surface area contributed by atoms with Gasteiger partial charge in [0.2, 0.25) is 0 Å². The van der Waals surface area contributed by atoms with Crippen LogP contribution in [0.1, 0.15) is 53.3 Å². The number of anilines is 1. The Kier molecular flexibility index (Phi) is 10.3. The summed E-state index contributed by atoms with van der Waals surface area (Å²) in [5.74, 6) is 0.0813. The average Bonchev–Trinajstić information content (AvgIpc) is 2.84. The fraction of sp³-hybridized carbons (Fsp3) is 0.400. The molecule has 0 spiro atoms. The lowest BCUT2D eigenvalue weighted by atomic mass is 10.1. The second kappa shape index (κ2) is 13.4. The molecule has 2 aromatic rings. The summed E-state index contributed by atoms with van der Waals surface area (Å²) in [6.07, 6.45) is 4.34. The molecule has 1 fully saturated rings. The van der Waals surface area contributed by atoms with Gasteiger partial charge in [-0.15, -0.1) is 0 Å². The number of carbonyl (C=O) groups excluding carboxylic acids is 2. The minimum Gasteiger partial charge on any atom is -0.493 e. The number of carbonyl (C=O) groups is 2. The highest BCUT2D eigenvalue weighted by molar-refractivity contribution is 9.10. The minimum atomic E-state index is -0.372. The van der Waals surface area contributed by atoms with E-state index >= 15 is 0 Å². The fourth-order valence-corrected chi connectivity index (χ4v) is 4.10. The topological polar surface area (TPSA) is 79.9 Å². The van der Waals surface area contributed by atoms with Gasteiger partial charge in [-0.25, -0.2) is 0 Å². The van der Waals surface area contributed by atoms with Gasteiger partial charge >= 0.3 is 0 Å². The van der Waals surface area contributed by atoms with Gasteiger partial charge in [-0.3, -0.25) is 14.9 Å². The Balaban J connectivity index is 1.60. The molecule has 0 aliphatic carbocycles. The maximum absolute atomic E-state index is 12.9. The van der Waals surface area contributed by atoms with E-state index in [1.165, 1.54) is 0 Å². The second-order valence-electron chi connectivity index (χ2n) is 7.94. The van der Waals surface area contributed by atoms with E-state index in [0.717, 1.165) is 30.2 Å². The Hall–Kier alpha value is -2.49. The van der Waals surface area contributed by atoms with Crippen molar-refractivity contribution in [1.29, 1.82) is 0 Å². The van der Waals surface area contributed by atoms with Crippen LogP contribution in [0.3, 0.4) is 0 Å². The smallest absolute Gasteiger partial charge is 0.261 e. The number of unbranched alkanes of at least 4 members (excludes halogenated alkanes) is 3. The molecule has 7 nitrogen and oxygen atoms in total. The van der Waals surface area contributed by atoms with Crippen LogP contribution in [0, 0.1) is 0 Å². The quantitative estimate of drug-likeness (QED) is 0.339. The summed E-state index contributed by atoms with van der Waals surface area (Å²) in [6, 6.07) is 12.4. The second-order valence-corrected chi connectivity index (χ2v) is 9.27. The number of halogens is 1. The van der Waals surface area contributed by atoms with E-state index in [1.807, 2.05) is 6.07 Å². The van der Waals surface area contributed by atoms with Gasteiger partial charge in [0.15, 0.2) is 5.11 Å². The molecule has 0 unspecified atom stereocenters.